The van der Waals surface area contributed by atoms with Gasteiger partial charge in [0.2, 0.25) is 11.8 Å². The van der Waals surface area contributed by atoms with Gasteiger partial charge in [-0.1, -0.05) is 18.2 Å². The van der Waals surface area contributed by atoms with E-state index in [1.807, 2.05) is 24.3 Å². The van der Waals surface area contributed by atoms with Crippen LogP contribution in [0, 0.1) is 11.3 Å². The van der Waals surface area contributed by atoms with Crippen molar-refractivity contribution < 1.29 is 9.47 Å². The van der Waals surface area contributed by atoms with Crippen molar-refractivity contribution >= 4 is 10.8 Å². The van der Waals surface area contributed by atoms with E-state index < -0.39 is 0 Å². The predicted octanol–water partition coefficient (Wildman–Crippen LogP) is 2.12. The van der Waals surface area contributed by atoms with Gasteiger partial charge >= 0.3 is 0 Å². The van der Waals surface area contributed by atoms with Crippen LogP contribution < -0.4 is 9.47 Å². The highest BCUT2D eigenvalue weighted by Gasteiger charge is 2.13. The van der Waals surface area contributed by atoms with Crippen LogP contribution in [0.3, 0.4) is 0 Å². The van der Waals surface area contributed by atoms with Crippen LogP contribution in [0.2, 0.25) is 0 Å². The molecule has 16 heavy (non-hydrogen) atoms. The second-order valence-corrected chi connectivity index (χ2v) is 3.16. The van der Waals surface area contributed by atoms with Crippen molar-refractivity contribution in [3.63, 3.8) is 0 Å². The molecule has 0 saturated heterocycles. The number of hydrogen-bond acceptors (Lipinski definition) is 4. The third-order valence-corrected chi connectivity index (χ3v) is 2.34. The summed E-state index contributed by atoms with van der Waals surface area (Å²) in [6.07, 6.45) is 0. The zero-order valence-corrected chi connectivity index (χ0v) is 9.02. The Morgan fingerprint density at radius 2 is 1.69 bits per heavy atom. The number of aromatic nitrogens is 1. The second-order valence-electron chi connectivity index (χ2n) is 3.16. The van der Waals surface area contributed by atoms with Gasteiger partial charge in [-0.15, -0.1) is 0 Å². The van der Waals surface area contributed by atoms with Gasteiger partial charge < -0.3 is 9.47 Å². The van der Waals surface area contributed by atoms with Crippen molar-refractivity contribution in [1.29, 1.82) is 5.26 Å². The third kappa shape index (κ3) is 1.43. The lowest BCUT2D eigenvalue weighted by atomic mass is 10.1. The largest absolute Gasteiger partial charge is 0.480 e. The number of benzene rings is 1. The first kappa shape index (κ1) is 10.2. The molecule has 80 valence electrons. The molecule has 1 aromatic heterocycles. The smallest absolute Gasteiger partial charge is 0.235 e. The van der Waals surface area contributed by atoms with E-state index in [2.05, 4.69) is 11.1 Å². The number of nitriles is 1. The van der Waals surface area contributed by atoms with Gasteiger partial charge in [0.05, 0.1) is 14.2 Å². The number of pyridine rings is 1. The van der Waals surface area contributed by atoms with Crippen LogP contribution in [0.15, 0.2) is 24.3 Å². The molecular formula is C12H10N2O2. The molecule has 0 aliphatic carbocycles. The Morgan fingerprint density at radius 3 is 2.25 bits per heavy atom. The van der Waals surface area contributed by atoms with Crippen LogP contribution >= 0.6 is 0 Å². The quantitative estimate of drug-likeness (QED) is 0.768. The molecule has 0 unspecified atom stereocenters. The number of nitrogens with zero attached hydrogens (tertiary/aromatic N) is 2. The molecule has 0 aliphatic rings. The van der Waals surface area contributed by atoms with E-state index in [4.69, 9.17) is 14.7 Å². The molecule has 0 saturated carbocycles. The lowest BCUT2D eigenvalue weighted by Gasteiger charge is -2.09. The Labute approximate surface area is 93.0 Å². The van der Waals surface area contributed by atoms with Crippen molar-refractivity contribution in [2.24, 2.45) is 0 Å². The number of methoxy groups -OCH3 is 2. The van der Waals surface area contributed by atoms with E-state index in [0.29, 0.717) is 11.4 Å². The second kappa shape index (κ2) is 4.07. The minimum Gasteiger partial charge on any atom is -0.480 e. The summed E-state index contributed by atoms with van der Waals surface area (Å²) in [6.45, 7) is 0. The SMILES string of the molecule is COc1nc(OC)c2ccccc2c1C#N. The zero-order valence-electron chi connectivity index (χ0n) is 9.02. The molecule has 4 heteroatoms. The fraction of sp³-hybridized carbons (Fsp3) is 0.167. The van der Waals surface area contributed by atoms with Crippen molar-refractivity contribution in [2.75, 3.05) is 14.2 Å². The van der Waals surface area contributed by atoms with E-state index >= 15 is 0 Å². The summed E-state index contributed by atoms with van der Waals surface area (Å²) >= 11 is 0. The molecule has 0 radical (unpaired) electrons. The van der Waals surface area contributed by atoms with Crippen LogP contribution in [0.5, 0.6) is 11.8 Å². The molecule has 1 aromatic carbocycles. The summed E-state index contributed by atoms with van der Waals surface area (Å²) in [5.74, 6) is 0.754. The predicted molar refractivity (Wildman–Crippen MR) is 59.6 cm³/mol. The normalized spacial score (nSPS) is 9.81. The molecule has 4 nitrogen and oxygen atoms in total. The molecular weight excluding hydrogens is 204 g/mol. The van der Waals surface area contributed by atoms with E-state index in [0.717, 1.165) is 10.8 Å². The molecule has 1 heterocycles. The standard InChI is InChI=1S/C12H10N2O2/c1-15-11-9-6-4-3-5-8(9)10(7-13)12(14-11)16-2/h3-6H,1-2H3. The highest BCUT2D eigenvalue weighted by molar-refractivity contribution is 5.92. The highest BCUT2D eigenvalue weighted by atomic mass is 16.5. The van der Waals surface area contributed by atoms with Crippen molar-refractivity contribution in [3.8, 4) is 17.8 Å². The van der Waals surface area contributed by atoms with E-state index in [1.54, 1.807) is 7.11 Å². The first-order valence-electron chi connectivity index (χ1n) is 4.72. The fourth-order valence-electron chi connectivity index (χ4n) is 1.62. The van der Waals surface area contributed by atoms with Crippen LogP contribution in [0.1, 0.15) is 5.56 Å². The van der Waals surface area contributed by atoms with Gasteiger partial charge in [-0.2, -0.15) is 10.2 Å². The summed E-state index contributed by atoms with van der Waals surface area (Å²) in [4.78, 5) is 4.14. The molecule has 0 N–H and O–H groups in total. The van der Waals surface area contributed by atoms with E-state index in [-0.39, 0.29) is 5.88 Å². The maximum Gasteiger partial charge on any atom is 0.235 e. The molecule has 2 aromatic rings. The fourth-order valence-corrected chi connectivity index (χ4v) is 1.62. The highest BCUT2D eigenvalue weighted by Crippen LogP contribution is 2.31. The molecule has 0 atom stereocenters. The average molecular weight is 214 g/mol. The Morgan fingerprint density at radius 1 is 1.06 bits per heavy atom. The maximum atomic E-state index is 9.10. The molecule has 0 amide bonds. The average Bonchev–Trinajstić information content (AvgIpc) is 2.36. The number of rotatable bonds is 2. The molecule has 0 spiro atoms. The van der Waals surface area contributed by atoms with Gasteiger partial charge in [-0.3, -0.25) is 0 Å². The lowest BCUT2D eigenvalue weighted by Crippen LogP contribution is -1.97. The Bertz CT molecular complexity index is 573. The molecule has 0 bridgehead atoms. The van der Waals surface area contributed by atoms with Crippen LogP contribution in [0.25, 0.3) is 10.8 Å². The van der Waals surface area contributed by atoms with Crippen LogP contribution in [-0.4, -0.2) is 19.2 Å². The minimum atomic E-state index is 0.290. The summed E-state index contributed by atoms with van der Waals surface area (Å²) in [5, 5.41) is 10.7. The zero-order chi connectivity index (χ0) is 11.5. The molecule has 2 rings (SSSR count). The van der Waals surface area contributed by atoms with Crippen LogP contribution in [-0.2, 0) is 0 Å². The summed E-state index contributed by atoms with van der Waals surface area (Å²) in [7, 11) is 3.03. The van der Waals surface area contributed by atoms with Crippen LogP contribution in [0.4, 0.5) is 0 Å². The lowest BCUT2D eigenvalue weighted by molar-refractivity contribution is 0.368. The van der Waals surface area contributed by atoms with Gasteiger partial charge in [0.1, 0.15) is 11.6 Å². The topological polar surface area (TPSA) is 55.1 Å². The van der Waals surface area contributed by atoms with E-state index in [9.17, 15) is 0 Å². The van der Waals surface area contributed by atoms with Gasteiger partial charge in [0.15, 0.2) is 0 Å². The third-order valence-electron chi connectivity index (χ3n) is 2.34. The van der Waals surface area contributed by atoms with Gasteiger partial charge in [-0.05, 0) is 6.07 Å². The number of fused-ring (bicyclic) bond motifs is 1. The van der Waals surface area contributed by atoms with Crippen molar-refractivity contribution in [1.82, 2.24) is 4.98 Å². The monoisotopic (exact) mass is 214 g/mol. The van der Waals surface area contributed by atoms with Gasteiger partial charge in [0.25, 0.3) is 0 Å². The number of ether oxygens (including phenoxy) is 2. The molecule has 0 aliphatic heterocycles. The van der Waals surface area contributed by atoms with Crippen molar-refractivity contribution in [3.05, 3.63) is 29.8 Å². The maximum absolute atomic E-state index is 9.10. The number of hydrogen-bond donors (Lipinski definition) is 0. The van der Waals surface area contributed by atoms with Gasteiger partial charge in [-0.25, -0.2) is 0 Å². The first-order chi connectivity index (χ1) is 7.81. The Balaban J connectivity index is 2.90. The Hall–Kier alpha value is -2.28. The first-order valence-corrected chi connectivity index (χ1v) is 4.72. The molecule has 0 fully saturated rings. The Kier molecular flexibility index (Phi) is 2.61. The van der Waals surface area contributed by atoms with Gasteiger partial charge in [0, 0.05) is 10.8 Å². The summed E-state index contributed by atoms with van der Waals surface area (Å²) < 4.78 is 10.2. The summed E-state index contributed by atoms with van der Waals surface area (Å²) in [5.41, 5.74) is 0.430. The van der Waals surface area contributed by atoms with E-state index in [1.165, 1.54) is 7.11 Å². The van der Waals surface area contributed by atoms with Crippen molar-refractivity contribution in [2.45, 2.75) is 0 Å². The summed E-state index contributed by atoms with van der Waals surface area (Å²) in [6, 6.07) is 9.55. The minimum absolute atomic E-state index is 0.290.